The molecule has 2 N–H and O–H groups in total. The van der Waals surface area contributed by atoms with Crippen molar-refractivity contribution in [3.8, 4) is 10.6 Å². The summed E-state index contributed by atoms with van der Waals surface area (Å²) in [5.74, 6) is 0.179. The number of nitrogens with one attached hydrogen (secondary N) is 2. The lowest BCUT2D eigenvalue weighted by Crippen LogP contribution is -2.34. The molecule has 0 atom stereocenters. The van der Waals surface area contributed by atoms with Crippen molar-refractivity contribution in [3.63, 3.8) is 0 Å². The third kappa shape index (κ3) is 4.30. The summed E-state index contributed by atoms with van der Waals surface area (Å²) in [6.07, 6.45) is 1.57. The molecule has 0 aliphatic rings. The first kappa shape index (κ1) is 19.2. The van der Waals surface area contributed by atoms with Crippen molar-refractivity contribution in [2.24, 2.45) is 0 Å². The molecule has 29 heavy (non-hydrogen) atoms. The van der Waals surface area contributed by atoms with Crippen molar-refractivity contribution in [2.45, 2.75) is 19.8 Å². The van der Waals surface area contributed by atoms with E-state index in [9.17, 15) is 4.79 Å². The molecule has 0 aliphatic heterocycles. The van der Waals surface area contributed by atoms with Gasteiger partial charge in [0.15, 0.2) is 5.11 Å². The number of carbonyl (C=O) groups excluding carboxylic acids is 1. The Morgan fingerprint density at radius 1 is 1.10 bits per heavy atom. The number of amides is 1. The number of benzene rings is 2. The maximum Gasteiger partial charge on any atom is 0.257 e. The van der Waals surface area contributed by atoms with Gasteiger partial charge < -0.3 is 5.32 Å². The van der Waals surface area contributed by atoms with Gasteiger partial charge in [-0.3, -0.25) is 10.1 Å². The van der Waals surface area contributed by atoms with Crippen LogP contribution < -0.4 is 10.6 Å². The van der Waals surface area contributed by atoms with Crippen LogP contribution in [0, 0.1) is 0 Å². The standard InChI is InChI=1S/C20H18N6OS2/c1-12(2)13-3-5-14(6-4-13)17(27)23-19(28)22-16-9-7-15(8-10-16)18-25-26-11-21-24-20(26)29-18/h3-12H,1-2H3,(H2,22,23,27,28). The Bertz CT molecular complexity index is 1130. The van der Waals surface area contributed by atoms with E-state index in [4.69, 9.17) is 12.2 Å². The summed E-state index contributed by atoms with van der Waals surface area (Å²) in [7, 11) is 0. The van der Waals surface area contributed by atoms with E-state index in [0.717, 1.165) is 21.2 Å². The fourth-order valence-electron chi connectivity index (χ4n) is 2.73. The highest BCUT2D eigenvalue weighted by Gasteiger charge is 2.10. The molecule has 9 heteroatoms. The molecule has 146 valence electrons. The van der Waals surface area contributed by atoms with Gasteiger partial charge in [0.1, 0.15) is 11.3 Å². The van der Waals surface area contributed by atoms with Gasteiger partial charge in [-0.1, -0.05) is 37.3 Å². The summed E-state index contributed by atoms with van der Waals surface area (Å²) in [5.41, 5.74) is 3.49. The lowest BCUT2D eigenvalue weighted by Gasteiger charge is -2.11. The monoisotopic (exact) mass is 422 g/mol. The molecule has 4 rings (SSSR count). The molecular formula is C20H18N6OS2. The number of thiocarbonyl (C=S) groups is 1. The van der Waals surface area contributed by atoms with Crippen LogP contribution in [0.5, 0.6) is 0 Å². The third-order valence-corrected chi connectivity index (χ3v) is 5.51. The normalized spacial score (nSPS) is 11.0. The molecule has 4 aromatic rings. The summed E-state index contributed by atoms with van der Waals surface area (Å²) in [6.45, 7) is 4.23. The van der Waals surface area contributed by atoms with Crippen LogP contribution in [0.15, 0.2) is 54.9 Å². The number of fused-ring (bicyclic) bond motifs is 1. The molecular weight excluding hydrogens is 404 g/mol. The van der Waals surface area contributed by atoms with E-state index in [1.165, 1.54) is 16.9 Å². The first-order valence-electron chi connectivity index (χ1n) is 8.99. The van der Waals surface area contributed by atoms with Crippen LogP contribution in [0.1, 0.15) is 35.7 Å². The number of rotatable bonds is 4. The lowest BCUT2D eigenvalue weighted by atomic mass is 10.0. The maximum atomic E-state index is 12.4. The fourth-order valence-corrected chi connectivity index (χ4v) is 3.77. The van der Waals surface area contributed by atoms with Crippen LogP contribution in [0.4, 0.5) is 5.69 Å². The quantitative estimate of drug-likeness (QED) is 0.482. The number of hydrogen-bond acceptors (Lipinski definition) is 6. The molecule has 2 heterocycles. The Kier molecular flexibility index (Phi) is 5.32. The molecule has 2 aromatic carbocycles. The average molecular weight is 423 g/mol. The number of anilines is 1. The summed E-state index contributed by atoms with van der Waals surface area (Å²) in [4.78, 5) is 13.1. The molecule has 0 bridgehead atoms. The molecule has 0 saturated heterocycles. The second kappa shape index (κ2) is 8.06. The van der Waals surface area contributed by atoms with E-state index in [0.29, 0.717) is 11.5 Å². The van der Waals surface area contributed by atoms with Crippen molar-refractivity contribution in [3.05, 3.63) is 66.0 Å². The van der Waals surface area contributed by atoms with Gasteiger partial charge in [0.25, 0.3) is 5.91 Å². The Morgan fingerprint density at radius 2 is 1.83 bits per heavy atom. The van der Waals surface area contributed by atoms with Gasteiger partial charge in [0, 0.05) is 16.8 Å². The van der Waals surface area contributed by atoms with Crippen LogP contribution in [0.25, 0.3) is 15.5 Å². The zero-order valence-electron chi connectivity index (χ0n) is 15.8. The minimum Gasteiger partial charge on any atom is -0.332 e. The highest BCUT2D eigenvalue weighted by Crippen LogP contribution is 2.25. The van der Waals surface area contributed by atoms with Gasteiger partial charge in [0.05, 0.1) is 0 Å². The molecule has 0 unspecified atom stereocenters. The summed E-state index contributed by atoms with van der Waals surface area (Å²) in [5, 5.41) is 19.0. The van der Waals surface area contributed by atoms with E-state index in [1.54, 1.807) is 10.8 Å². The van der Waals surface area contributed by atoms with Gasteiger partial charge in [-0.2, -0.15) is 9.61 Å². The topological polar surface area (TPSA) is 84.2 Å². The minimum atomic E-state index is -0.242. The number of nitrogens with zero attached hydrogens (tertiary/aromatic N) is 4. The van der Waals surface area contributed by atoms with E-state index in [1.807, 2.05) is 48.5 Å². The number of hydrogen-bond donors (Lipinski definition) is 2. The van der Waals surface area contributed by atoms with Gasteiger partial charge in [-0.15, -0.1) is 10.2 Å². The number of carbonyl (C=O) groups is 1. The second-order valence-corrected chi connectivity index (χ2v) is 8.09. The van der Waals surface area contributed by atoms with Crippen LogP contribution >= 0.6 is 23.6 Å². The Hall–Kier alpha value is -3.17. The Balaban J connectivity index is 1.37. The minimum absolute atomic E-state index is 0.242. The highest BCUT2D eigenvalue weighted by atomic mass is 32.1. The van der Waals surface area contributed by atoms with Crippen molar-refractivity contribution in [1.82, 2.24) is 25.1 Å². The van der Waals surface area contributed by atoms with Gasteiger partial charge in [0.2, 0.25) is 4.96 Å². The molecule has 0 aliphatic carbocycles. The van der Waals surface area contributed by atoms with Gasteiger partial charge in [-0.05, 0) is 60.1 Å². The third-order valence-electron chi connectivity index (χ3n) is 4.34. The zero-order valence-corrected chi connectivity index (χ0v) is 17.4. The SMILES string of the molecule is CC(C)c1ccc(C(=O)NC(=S)Nc2ccc(-c3nn4cnnc4s3)cc2)cc1. The molecule has 7 nitrogen and oxygen atoms in total. The first-order valence-corrected chi connectivity index (χ1v) is 10.2. The van der Waals surface area contributed by atoms with Crippen molar-refractivity contribution in [2.75, 3.05) is 5.32 Å². The average Bonchev–Trinajstić information content (AvgIpc) is 3.31. The van der Waals surface area contributed by atoms with Crippen LogP contribution in [-0.2, 0) is 0 Å². The van der Waals surface area contributed by atoms with E-state index < -0.39 is 0 Å². The zero-order chi connectivity index (χ0) is 20.4. The molecule has 2 aromatic heterocycles. The van der Waals surface area contributed by atoms with Crippen LogP contribution in [0.3, 0.4) is 0 Å². The van der Waals surface area contributed by atoms with Crippen molar-refractivity contribution < 1.29 is 4.79 Å². The van der Waals surface area contributed by atoms with Crippen molar-refractivity contribution in [1.29, 1.82) is 0 Å². The summed E-state index contributed by atoms with van der Waals surface area (Å²) < 4.78 is 1.64. The summed E-state index contributed by atoms with van der Waals surface area (Å²) in [6, 6.07) is 15.2. The molecule has 0 spiro atoms. The molecule has 0 radical (unpaired) electrons. The predicted molar refractivity (Wildman–Crippen MR) is 118 cm³/mol. The highest BCUT2D eigenvalue weighted by molar-refractivity contribution is 7.80. The fraction of sp³-hybridized carbons (Fsp3) is 0.150. The van der Waals surface area contributed by atoms with Gasteiger partial charge >= 0.3 is 0 Å². The largest absolute Gasteiger partial charge is 0.332 e. The molecule has 0 saturated carbocycles. The molecule has 1 amide bonds. The van der Waals surface area contributed by atoms with Crippen LogP contribution in [-0.4, -0.2) is 30.8 Å². The van der Waals surface area contributed by atoms with Gasteiger partial charge in [-0.25, -0.2) is 0 Å². The smallest absolute Gasteiger partial charge is 0.257 e. The van der Waals surface area contributed by atoms with Crippen molar-refractivity contribution >= 4 is 45.2 Å². The summed E-state index contributed by atoms with van der Waals surface area (Å²) >= 11 is 6.73. The van der Waals surface area contributed by atoms with E-state index >= 15 is 0 Å². The predicted octanol–water partition coefficient (Wildman–Crippen LogP) is 4.10. The Labute approximate surface area is 176 Å². The van der Waals surface area contributed by atoms with E-state index in [2.05, 4.69) is 39.8 Å². The first-order chi connectivity index (χ1) is 14.0. The maximum absolute atomic E-state index is 12.4. The van der Waals surface area contributed by atoms with Crippen LogP contribution in [0.2, 0.25) is 0 Å². The Morgan fingerprint density at radius 3 is 2.48 bits per heavy atom. The molecule has 0 fully saturated rings. The lowest BCUT2D eigenvalue weighted by molar-refractivity contribution is 0.0977. The van der Waals surface area contributed by atoms with E-state index in [-0.39, 0.29) is 11.0 Å². The second-order valence-electron chi connectivity index (χ2n) is 6.73. The number of aromatic nitrogens is 4.